The number of furan rings is 1. The van der Waals surface area contributed by atoms with Crippen molar-refractivity contribution < 1.29 is 4.42 Å². The van der Waals surface area contributed by atoms with Crippen LogP contribution in [0.25, 0.3) is 11.0 Å². The Balaban J connectivity index is 1.60. The van der Waals surface area contributed by atoms with Gasteiger partial charge >= 0.3 is 0 Å². The summed E-state index contributed by atoms with van der Waals surface area (Å²) < 4.78 is 7.46. The van der Waals surface area contributed by atoms with Crippen molar-refractivity contribution in [1.82, 2.24) is 24.6 Å². The van der Waals surface area contributed by atoms with Gasteiger partial charge in [-0.15, -0.1) is 0 Å². The van der Waals surface area contributed by atoms with Crippen LogP contribution in [0.3, 0.4) is 0 Å². The van der Waals surface area contributed by atoms with E-state index in [-0.39, 0.29) is 6.04 Å². The van der Waals surface area contributed by atoms with Gasteiger partial charge < -0.3 is 9.73 Å². The molecule has 4 heterocycles. The van der Waals surface area contributed by atoms with E-state index >= 15 is 0 Å². The second-order valence-corrected chi connectivity index (χ2v) is 6.28. The Morgan fingerprint density at radius 2 is 2.12 bits per heavy atom. The van der Waals surface area contributed by atoms with E-state index in [2.05, 4.69) is 31.3 Å². The highest BCUT2D eigenvalue weighted by Gasteiger charge is 2.25. The summed E-state index contributed by atoms with van der Waals surface area (Å²) in [6.07, 6.45) is 6.05. The topological polar surface area (TPSA) is 72.0 Å². The summed E-state index contributed by atoms with van der Waals surface area (Å²) >= 11 is 0. The smallest absolute Gasteiger partial charge is 0.163 e. The zero-order valence-electron chi connectivity index (χ0n) is 14.1. The van der Waals surface area contributed by atoms with Crippen molar-refractivity contribution in [2.75, 3.05) is 25.0 Å². The molecule has 126 valence electrons. The minimum Gasteiger partial charge on any atom is -0.468 e. The largest absolute Gasteiger partial charge is 0.468 e. The van der Waals surface area contributed by atoms with Crippen LogP contribution in [0, 0.1) is 6.92 Å². The molecular formula is C17H22N6O. The van der Waals surface area contributed by atoms with E-state index in [9.17, 15) is 0 Å². The fraction of sp³-hybridized carbons (Fsp3) is 0.471. The highest BCUT2D eigenvalue weighted by Crippen LogP contribution is 2.27. The van der Waals surface area contributed by atoms with Crippen molar-refractivity contribution in [1.29, 1.82) is 0 Å². The third-order valence-corrected chi connectivity index (χ3v) is 4.62. The van der Waals surface area contributed by atoms with Gasteiger partial charge in [0, 0.05) is 13.6 Å². The Labute approximate surface area is 140 Å². The Kier molecular flexibility index (Phi) is 3.93. The fourth-order valence-corrected chi connectivity index (χ4v) is 3.40. The van der Waals surface area contributed by atoms with E-state index in [1.807, 2.05) is 26.2 Å². The Bertz CT molecular complexity index is 819. The van der Waals surface area contributed by atoms with Gasteiger partial charge in [-0.1, -0.05) is 0 Å². The molecule has 0 aromatic carbocycles. The van der Waals surface area contributed by atoms with E-state index in [0.717, 1.165) is 48.1 Å². The van der Waals surface area contributed by atoms with Gasteiger partial charge in [-0.05, 0) is 45.0 Å². The van der Waals surface area contributed by atoms with Gasteiger partial charge in [0.05, 0.1) is 23.9 Å². The molecule has 4 rings (SSSR count). The lowest BCUT2D eigenvalue weighted by atomic mass is 10.2. The van der Waals surface area contributed by atoms with Gasteiger partial charge in [-0.3, -0.25) is 9.58 Å². The van der Waals surface area contributed by atoms with E-state index in [1.165, 1.54) is 12.8 Å². The third kappa shape index (κ3) is 2.75. The molecule has 1 aliphatic heterocycles. The SMILES string of the molecule is Cc1nc(NCC(c2ccco2)N2CCCC2)c2cnn(C)c2n1. The van der Waals surface area contributed by atoms with E-state index in [4.69, 9.17) is 4.42 Å². The highest BCUT2D eigenvalue weighted by molar-refractivity contribution is 5.86. The molecule has 0 bridgehead atoms. The van der Waals surface area contributed by atoms with Gasteiger partial charge in [0.1, 0.15) is 17.4 Å². The van der Waals surface area contributed by atoms with E-state index < -0.39 is 0 Å². The van der Waals surface area contributed by atoms with Crippen molar-refractivity contribution in [2.45, 2.75) is 25.8 Å². The number of hydrogen-bond acceptors (Lipinski definition) is 6. The van der Waals surface area contributed by atoms with E-state index in [0.29, 0.717) is 0 Å². The molecule has 3 aromatic rings. The third-order valence-electron chi connectivity index (χ3n) is 4.62. The molecule has 1 aliphatic rings. The molecule has 3 aromatic heterocycles. The van der Waals surface area contributed by atoms with Crippen molar-refractivity contribution in [3.8, 4) is 0 Å². The molecule has 0 radical (unpaired) electrons. The summed E-state index contributed by atoms with van der Waals surface area (Å²) in [7, 11) is 1.90. The summed E-state index contributed by atoms with van der Waals surface area (Å²) in [5.41, 5.74) is 0.848. The number of hydrogen-bond donors (Lipinski definition) is 1. The van der Waals surface area contributed by atoms with Crippen LogP contribution >= 0.6 is 0 Å². The van der Waals surface area contributed by atoms with E-state index in [1.54, 1.807) is 10.9 Å². The first kappa shape index (κ1) is 15.1. The van der Waals surface area contributed by atoms with Crippen LogP contribution in [0.5, 0.6) is 0 Å². The van der Waals surface area contributed by atoms with Crippen LogP contribution in [-0.2, 0) is 7.05 Å². The maximum atomic E-state index is 5.68. The van der Waals surface area contributed by atoms with Crippen LogP contribution in [0.1, 0.15) is 30.5 Å². The number of nitrogens with zero attached hydrogens (tertiary/aromatic N) is 5. The summed E-state index contributed by atoms with van der Waals surface area (Å²) in [5, 5.41) is 8.75. The number of likely N-dealkylation sites (tertiary alicyclic amines) is 1. The van der Waals surface area contributed by atoms with Crippen LogP contribution in [-0.4, -0.2) is 44.3 Å². The lowest BCUT2D eigenvalue weighted by Crippen LogP contribution is -2.31. The molecule has 24 heavy (non-hydrogen) atoms. The Hall–Kier alpha value is -2.41. The second-order valence-electron chi connectivity index (χ2n) is 6.28. The average molecular weight is 326 g/mol. The van der Waals surface area contributed by atoms with Crippen LogP contribution in [0.2, 0.25) is 0 Å². The summed E-state index contributed by atoms with van der Waals surface area (Å²) in [4.78, 5) is 11.5. The molecule has 0 saturated carbocycles. The monoisotopic (exact) mass is 326 g/mol. The zero-order valence-corrected chi connectivity index (χ0v) is 14.1. The minimum atomic E-state index is 0.212. The first-order chi connectivity index (χ1) is 11.7. The first-order valence-corrected chi connectivity index (χ1v) is 8.40. The lowest BCUT2D eigenvalue weighted by molar-refractivity contribution is 0.225. The average Bonchev–Trinajstić information content (AvgIpc) is 3.31. The summed E-state index contributed by atoms with van der Waals surface area (Å²) in [6.45, 7) is 4.87. The normalized spacial score (nSPS) is 16.8. The molecule has 1 N–H and O–H groups in total. The Morgan fingerprint density at radius 1 is 1.29 bits per heavy atom. The fourth-order valence-electron chi connectivity index (χ4n) is 3.40. The predicted octanol–water partition coefficient (Wildman–Crippen LogP) is 2.51. The van der Waals surface area contributed by atoms with Crippen molar-refractivity contribution in [2.24, 2.45) is 7.05 Å². The lowest BCUT2D eigenvalue weighted by Gasteiger charge is -2.26. The molecule has 1 unspecified atom stereocenters. The molecule has 1 fully saturated rings. The second kappa shape index (κ2) is 6.24. The minimum absolute atomic E-state index is 0.212. The van der Waals surface area contributed by atoms with Crippen molar-refractivity contribution >= 4 is 16.9 Å². The molecule has 0 aliphatic carbocycles. The predicted molar refractivity (Wildman–Crippen MR) is 91.8 cm³/mol. The van der Waals surface area contributed by atoms with Crippen LogP contribution in [0.15, 0.2) is 29.0 Å². The number of anilines is 1. The first-order valence-electron chi connectivity index (χ1n) is 8.40. The number of aromatic nitrogens is 4. The number of aryl methyl sites for hydroxylation is 2. The summed E-state index contributed by atoms with van der Waals surface area (Å²) in [5.74, 6) is 2.57. The maximum absolute atomic E-state index is 5.68. The van der Waals surface area contributed by atoms with Gasteiger partial charge in [0.15, 0.2) is 5.65 Å². The number of fused-ring (bicyclic) bond motifs is 1. The van der Waals surface area contributed by atoms with Crippen molar-refractivity contribution in [3.63, 3.8) is 0 Å². The standard InChI is InChI=1S/C17H22N6O/c1-12-20-16(13-10-19-22(2)17(13)21-12)18-11-14(15-6-5-9-24-15)23-7-3-4-8-23/h5-6,9-10,14H,3-4,7-8,11H2,1-2H3,(H,18,20,21). The summed E-state index contributed by atoms with van der Waals surface area (Å²) in [6, 6.07) is 4.21. The molecule has 1 atom stereocenters. The molecule has 1 saturated heterocycles. The van der Waals surface area contributed by atoms with Crippen LogP contribution in [0.4, 0.5) is 5.82 Å². The van der Waals surface area contributed by atoms with Gasteiger partial charge in [0.25, 0.3) is 0 Å². The Morgan fingerprint density at radius 3 is 2.88 bits per heavy atom. The molecule has 7 heteroatoms. The quantitative estimate of drug-likeness (QED) is 0.777. The zero-order chi connectivity index (χ0) is 16.5. The highest BCUT2D eigenvalue weighted by atomic mass is 16.3. The number of nitrogens with one attached hydrogen (secondary N) is 1. The molecular weight excluding hydrogens is 304 g/mol. The van der Waals surface area contributed by atoms with Gasteiger partial charge in [-0.25, -0.2) is 9.97 Å². The molecule has 7 nitrogen and oxygen atoms in total. The van der Waals surface area contributed by atoms with Gasteiger partial charge in [0.2, 0.25) is 0 Å². The maximum Gasteiger partial charge on any atom is 0.163 e. The van der Waals surface area contributed by atoms with Crippen LogP contribution < -0.4 is 5.32 Å². The van der Waals surface area contributed by atoms with Crippen molar-refractivity contribution in [3.05, 3.63) is 36.2 Å². The molecule has 0 spiro atoms. The van der Waals surface area contributed by atoms with Gasteiger partial charge in [-0.2, -0.15) is 5.10 Å². The molecule has 0 amide bonds. The number of rotatable bonds is 5.